The first-order valence-electron chi connectivity index (χ1n) is 6.94. The van der Waals surface area contributed by atoms with Gasteiger partial charge in [-0.1, -0.05) is 36.9 Å². The Morgan fingerprint density at radius 1 is 1.20 bits per heavy atom. The quantitative estimate of drug-likeness (QED) is 0.828. The van der Waals surface area contributed by atoms with Crippen LogP contribution in [-0.4, -0.2) is 32.9 Å². The van der Waals surface area contributed by atoms with Gasteiger partial charge in [0.15, 0.2) is 0 Å². The number of ether oxygens (including phenoxy) is 4. The summed E-state index contributed by atoms with van der Waals surface area (Å²) in [6.45, 7) is 6.46. The fourth-order valence-corrected chi connectivity index (χ4v) is 2.48. The minimum Gasteiger partial charge on any atom is -0.376 e. The molecule has 0 aliphatic carbocycles. The highest BCUT2D eigenvalue weighted by Gasteiger charge is 2.40. The Labute approximate surface area is 119 Å². The molecule has 0 aromatic heterocycles. The van der Waals surface area contributed by atoms with Gasteiger partial charge >= 0.3 is 0 Å². The summed E-state index contributed by atoms with van der Waals surface area (Å²) in [6.07, 6.45) is 2.75. The van der Waals surface area contributed by atoms with Crippen LogP contribution in [0, 0.1) is 5.41 Å². The molecule has 0 amide bonds. The van der Waals surface area contributed by atoms with Crippen LogP contribution < -0.4 is 0 Å². The van der Waals surface area contributed by atoms with E-state index in [2.05, 4.69) is 18.7 Å². The maximum Gasteiger partial charge on any atom is 0.271 e. The lowest BCUT2D eigenvalue weighted by atomic mass is 9.87. The lowest BCUT2D eigenvalue weighted by Gasteiger charge is -2.34. The normalized spacial score (nSPS) is 29.1. The summed E-state index contributed by atoms with van der Waals surface area (Å²) in [5, 5.41) is 0. The first-order valence-corrected chi connectivity index (χ1v) is 6.94. The standard InChI is InChI=1S/C16H20O4/c1-2-13-3-5-14(6-4-13)9-17-10-16-7-8-18-15(19-11-16)20-12-16/h2-6,15H,1,7-12H2. The van der Waals surface area contributed by atoms with E-state index >= 15 is 0 Å². The molecule has 0 atom stereocenters. The van der Waals surface area contributed by atoms with Crippen LogP contribution in [0.2, 0.25) is 0 Å². The second-order valence-corrected chi connectivity index (χ2v) is 5.47. The summed E-state index contributed by atoms with van der Waals surface area (Å²) < 4.78 is 22.3. The fraction of sp³-hybridized carbons (Fsp3) is 0.500. The Morgan fingerprint density at radius 3 is 2.65 bits per heavy atom. The molecule has 3 saturated heterocycles. The van der Waals surface area contributed by atoms with Crippen molar-refractivity contribution in [2.24, 2.45) is 5.41 Å². The SMILES string of the molecule is C=Cc1ccc(COCC23CCOC(OC2)OC3)cc1. The summed E-state index contributed by atoms with van der Waals surface area (Å²) in [4.78, 5) is 0. The summed E-state index contributed by atoms with van der Waals surface area (Å²) in [5.41, 5.74) is 2.22. The highest BCUT2D eigenvalue weighted by Crippen LogP contribution is 2.33. The Morgan fingerprint density at radius 2 is 1.95 bits per heavy atom. The molecule has 4 heteroatoms. The third-order valence-electron chi connectivity index (χ3n) is 3.83. The van der Waals surface area contributed by atoms with Crippen LogP contribution in [0.3, 0.4) is 0 Å². The smallest absolute Gasteiger partial charge is 0.271 e. The minimum absolute atomic E-state index is 0.0615. The number of hydrogen-bond donors (Lipinski definition) is 0. The molecular formula is C16H20O4. The zero-order chi connectivity index (χ0) is 13.8. The lowest BCUT2D eigenvalue weighted by Crippen LogP contribution is -2.42. The topological polar surface area (TPSA) is 36.9 Å². The van der Waals surface area contributed by atoms with Crippen LogP contribution >= 0.6 is 0 Å². The van der Waals surface area contributed by atoms with Gasteiger partial charge in [0.25, 0.3) is 6.48 Å². The molecule has 4 rings (SSSR count). The molecule has 0 radical (unpaired) electrons. The number of fused-ring (bicyclic) bond motifs is 4. The van der Waals surface area contributed by atoms with Crippen LogP contribution in [-0.2, 0) is 25.6 Å². The molecule has 1 aromatic rings. The van der Waals surface area contributed by atoms with Crippen molar-refractivity contribution in [3.8, 4) is 0 Å². The van der Waals surface area contributed by atoms with Crippen molar-refractivity contribution in [2.45, 2.75) is 19.5 Å². The molecule has 108 valence electrons. The summed E-state index contributed by atoms with van der Waals surface area (Å²) in [6, 6.07) is 8.21. The van der Waals surface area contributed by atoms with E-state index in [0.29, 0.717) is 33.0 Å². The van der Waals surface area contributed by atoms with E-state index in [0.717, 1.165) is 17.5 Å². The van der Waals surface area contributed by atoms with E-state index in [4.69, 9.17) is 18.9 Å². The van der Waals surface area contributed by atoms with Gasteiger partial charge < -0.3 is 18.9 Å². The van der Waals surface area contributed by atoms with Gasteiger partial charge in [-0.2, -0.15) is 0 Å². The summed E-state index contributed by atoms with van der Waals surface area (Å²) >= 11 is 0. The molecule has 3 fully saturated rings. The van der Waals surface area contributed by atoms with E-state index in [1.807, 2.05) is 18.2 Å². The lowest BCUT2D eigenvalue weighted by molar-refractivity contribution is -0.317. The molecule has 0 N–H and O–H groups in total. The average Bonchev–Trinajstić information content (AvgIpc) is 2.82. The van der Waals surface area contributed by atoms with Crippen LogP contribution in [0.15, 0.2) is 30.8 Å². The third-order valence-corrected chi connectivity index (χ3v) is 3.83. The van der Waals surface area contributed by atoms with Crippen molar-refractivity contribution >= 4 is 6.08 Å². The van der Waals surface area contributed by atoms with Crippen LogP contribution in [0.25, 0.3) is 6.08 Å². The maximum atomic E-state index is 5.87. The van der Waals surface area contributed by atoms with Crippen molar-refractivity contribution < 1.29 is 18.9 Å². The van der Waals surface area contributed by atoms with Crippen molar-refractivity contribution in [1.29, 1.82) is 0 Å². The second kappa shape index (κ2) is 6.06. The van der Waals surface area contributed by atoms with E-state index in [9.17, 15) is 0 Å². The largest absolute Gasteiger partial charge is 0.376 e. The second-order valence-electron chi connectivity index (χ2n) is 5.47. The van der Waals surface area contributed by atoms with Gasteiger partial charge in [0.05, 0.1) is 33.0 Å². The number of hydrogen-bond acceptors (Lipinski definition) is 4. The van der Waals surface area contributed by atoms with E-state index in [1.54, 1.807) is 0 Å². The average molecular weight is 276 g/mol. The van der Waals surface area contributed by atoms with Gasteiger partial charge in [-0.05, 0) is 17.5 Å². The van der Waals surface area contributed by atoms with Crippen LogP contribution in [0.5, 0.6) is 0 Å². The molecule has 4 nitrogen and oxygen atoms in total. The molecule has 3 aliphatic heterocycles. The molecule has 3 aliphatic rings. The molecule has 0 spiro atoms. The number of rotatable bonds is 5. The van der Waals surface area contributed by atoms with Gasteiger partial charge in [-0.25, -0.2) is 0 Å². The zero-order valence-electron chi connectivity index (χ0n) is 11.5. The van der Waals surface area contributed by atoms with Crippen molar-refractivity contribution in [3.05, 3.63) is 42.0 Å². The van der Waals surface area contributed by atoms with Crippen molar-refractivity contribution in [3.63, 3.8) is 0 Å². The van der Waals surface area contributed by atoms with Gasteiger partial charge in [0.1, 0.15) is 0 Å². The molecule has 0 saturated carbocycles. The third kappa shape index (κ3) is 3.10. The first-order chi connectivity index (χ1) is 9.80. The fourth-order valence-electron chi connectivity index (χ4n) is 2.48. The summed E-state index contributed by atoms with van der Waals surface area (Å²) in [7, 11) is 0. The molecule has 0 unspecified atom stereocenters. The molecule has 2 bridgehead atoms. The molecule has 3 heterocycles. The molecular weight excluding hydrogens is 256 g/mol. The maximum absolute atomic E-state index is 5.87. The van der Waals surface area contributed by atoms with Gasteiger partial charge in [-0.3, -0.25) is 0 Å². The Kier molecular flexibility index (Phi) is 4.17. The molecule has 1 aromatic carbocycles. The highest BCUT2D eigenvalue weighted by molar-refractivity contribution is 5.47. The van der Waals surface area contributed by atoms with Crippen LogP contribution in [0.1, 0.15) is 17.5 Å². The monoisotopic (exact) mass is 276 g/mol. The minimum atomic E-state index is -0.475. The van der Waals surface area contributed by atoms with E-state index in [-0.39, 0.29) is 5.41 Å². The first kappa shape index (κ1) is 13.8. The Hall–Kier alpha value is -1.20. The van der Waals surface area contributed by atoms with Gasteiger partial charge in [-0.15, -0.1) is 0 Å². The van der Waals surface area contributed by atoms with Crippen molar-refractivity contribution in [1.82, 2.24) is 0 Å². The van der Waals surface area contributed by atoms with Gasteiger partial charge in [0, 0.05) is 5.41 Å². The Balaban J connectivity index is 1.52. The highest BCUT2D eigenvalue weighted by atomic mass is 16.9. The van der Waals surface area contributed by atoms with Crippen molar-refractivity contribution in [2.75, 3.05) is 26.4 Å². The van der Waals surface area contributed by atoms with Gasteiger partial charge in [0.2, 0.25) is 0 Å². The number of benzene rings is 1. The van der Waals surface area contributed by atoms with E-state index in [1.165, 1.54) is 0 Å². The predicted octanol–water partition coefficient (Wildman–Crippen LogP) is 2.58. The zero-order valence-corrected chi connectivity index (χ0v) is 11.5. The van der Waals surface area contributed by atoms with Crippen LogP contribution in [0.4, 0.5) is 0 Å². The molecule has 20 heavy (non-hydrogen) atoms. The Bertz CT molecular complexity index is 441. The predicted molar refractivity (Wildman–Crippen MR) is 74.9 cm³/mol. The van der Waals surface area contributed by atoms with E-state index < -0.39 is 6.48 Å². The summed E-state index contributed by atoms with van der Waals surface area (Å²) in [5.74, 6) is 0.